The highest BCUT2D eigenvalue weighted by atomic mass is 16.4. The molecule has 18 heavy (non-hydrogen) atoms. The SMILES string of the molecule is CCCCN(CC)C(C(=O)O)c1cccc(C)c1. The average Bonchev–Trinajstić information content (AvgIpc) is 2.33. The molecule has 3 nitrogen and oxygen atoms in total. The van der Waals surface area contributed by atoms with Crippen molar-refractivity contribution in [2.24, 2.45) is 0 Å². The van der Waals surface area contributed by atoms with Gasteiger partial charge in [0, 0.05) is 0 Å². The Morgan fingerprint density at radius 2 is 2.11 bits per heavy atom. The van der Waals surface area contributed by atoms with Crippen molar-refractivity contribution in [3.63, 3.8) is 0 Å². The van der Waals surface area contributed by atoms with E-state index in [2.05, 4.69) is 6.92 Å². The lowest BCUT2D eigenvalue weighted by atomic mass is 10.0. The number of carboxylic acids is 1. The van der Waals surface area contributed by atoms with Crippen molar-refractivity contribution in [3.05, 3.63) is 35.4 Å². The van der Waals surface area contributed by atoms with Crippen molar-refractivity contribution >= 4 is 5.97 Å². The van der Waals surface area contributed by atoms with E-state index in [1.54, 1.807) is 0 Å². The van der Waals surface area contributed by atoms with Crippen LogP contribution < -0.4 is 0 Å². The first-order chi connectivity index (χ1) is 8.60. The van der Waals surface area contributed by atoms with E-state index in [1.165, 1.54) is 0 Å². The fourth-order valence-electron chi connectivity index (χ4n) is 2.18. The molecule has 0 fully saturated rings. The minimum absolute atomic E-state index is 0.526. The molecular weight excluding hydrogens is 226 g/mol. The van der Waals surface area contributed by atoms with E-state index in [4.69, 9.17) is 0 Å². The maximum Gasteiger partial charge on any atom is 0.325 e. The monoisotopic (exact) mass is 249 g/mol. The Morgan fingerprint density at radius 3 is 2.61 bits per heavy atom. The zero-order valence-electron chi connectivity index (χ0n) is 11.5. The molecule has 0 radical (unpaired) electrons. The summed E-state index contributed by atoms with van der Waals surface area (Å²) in [4.78, 5) is 13.6. The van der Waals surface area contributed by atoms with Crippen LogP contribution in [0.1, 0.15) is 43.9 Å². The fraction of sp³-hybridized carbons (Fsp3) is 0.533. The van der Waals surface area contributed by atoms with Crippen LogP contribution in [0.5, 0.6) is 0 Å². The molecule has 1 rings (SSSR count). The molecule has 1 atom stereocenters. The van der Waals surface area contributed by atoms with Crippen LogP contribution in [-0.4, -0.2) is 29.1 Å². The molecule has 0 spiro atoms. The van der Waals surface area contributed by atoms with E-state index in [-0.39, 0.29) is 0 Å². The molecule has 0 aliphatic heterocycles. The Morgan fingerprint density at radius 1 is 1.39 bits per heavy atom. The van der Waals surface area contributed by atoms with E-state index >= 15 is 0 Å². The summed E-state index contributed by atoms with van der Waals surface area (Å²) in [6, 6.07) is 7.26. The molecule has 3 heteroatoms. The van der Waals surface area contributed by atoms with Crippen molar-refractivity contribution in [2.45, 2.75) is 39.7 Å². The predicted molar refractivity (Wildman–Crippen MR) is 73.7 cm³/mol. The van der Waals surface area contributed by atoms with Crippen LogP contribution in [0.25, 0.3) is 0 Å². The summed E-state index contributed by atoms with van der Waals surface area (Å²) in [6.07, 6.45) is 2.11. The van der Waals surface area contributed by atoms with Gasteiger partial charge in [0.2, 0.25) is 0 Å². The van der Waals surface area contributed by atoms with Crippen molar-refractivity contribution in [2.75, 3.05) is 13.1 Å². The maximum atomic E-state index is 11.5. The minimum Gasteiger partial charge on any atom is -0.480 e. The summed E-state index contributed by atoms with van der Waals surface area (Å²) in [5, 5.41) is 9.48. The first-order valence-electron chi connectivity index (χ1n) is 6.63. The van der Waals surface area contributed by atoms with E-state index < -0.39 is 12.0 Å². The molecule has 0 saturated heterocycles. The van der Waals surface area contributed by atoms with E-state index in [9.17, 15) is 9.90 Å². The number of unbranched alkanes of at least 4 members (excludes halogenated alkanes) is 1. The molecule has 100 valence electrons. The molecular formula is C15H23NO2. The van der Waals surface area contributed by atoms with Crippen LogP contribution in [0.15, 0.2) is 24.3 Å². The lowest BCUT2D eigenvalue weighted by Gasteiger charge is -2.28. The standard InChI is InChI=1S/C15H23NO2/c1-4-6-10-16(5-2)14(15(17)18)13-9-7-8-12(3)11-13/h7-9,11,14H,4-6,10H2,1-3H3,(H,17,18). The summed E-state index contributed by atoms with van der Waals surface area (Å²) in [5.74, 6) is -0.765. The molecule has 1 unspecified atom stereocenters. The van der Waals surface area contributed by atoms with Crippen LogP contribution in [0.3, 0.4) is 0 Å². The lowest BCUT2D eigenvalue weighted by molar-refractivity contribution is -0.143. The van der Waals surface area contributed by atoms with Crippen molar-refractivity contribution in [1.29, 1.82) is 0 Å². The molecule has 1 aromatic rings. The Bertz CT molecular complexity index is 390. The molecule has 1 aromatic carbocycles. The number of hydrogen-bond donors (Lipinski definition) is 1. The van der Waals surface area contributed by atoms with Gasteiger partial charge in [-0.05, 0) is 32.0 Å². The van der Waals surface area contributed by atoms with Crippen LogP contribution in [-0.2, 0) is 4.79 Å². The second-order valence-electron chi connectivity index (χ2n) is 4.64. The molecule has 1 N–H and O–H groups in total. The summed E-state index contributed by atoms with van der Waals surface area (Å²) in [6.45, 7) is 7.71. The summed E-state index contributed by atoms with van der Waals surface area (Å²) in [7, 11) is 0. The van der Waals surface area contributed by atoms with Gasteiger partial charge in [0.15, 0.2) is 0 Å². The smallest absolute Gasteiger partial charge is 0.325 e. The van der Waals surface area contributed by atoms with E-state index in [0.717, 1.165) is 37.1 Å². The van der Waals surface area contributed by atoms with Crippen LogP contribution in [0.4, 0.5) is 0 Å². The highest BCUT2D eigenvalue weighted by molar-refractivity contribution is 5.75. The number of aryl methyl sites for hydroxylation is 1. The number of rotatable bonds is 7. The Hall–Kier alpha value is -1.35. The summed E-state index contributed by atoms with van der Waals surface area (Å²) < 4.78 is 0. The highest BCUT2D eigenvalue weighted by Gasteiger charge is 2.25. The van der Waals surface area contributed by atoms with Crippen LogP contribution >= 0.6 is 0 Å². The van der Waals surface area contributed by atoms with Gasteiger partial charge in [-0.2, -0.15) is 0 Å². The van der Waals surface area contributed by atoms with Gasteiger partial charge >= 0.3 is 5.97 Å². The predicted octanol–water partition coefficient (Wildman–Crippen LogP) is 3.24. The fourth-order valence-corrected chi connectivity index (χ4v) is 2.18. The molecule has 0 heterocycles. The Kier molecular flexibility index (Phi) is 5.86. The van der Waals surface area contributed by atoms with Crippen molar-refractivity contribution in [1.82, 2.24) is 4.90 Å². The third-order valence-electron chi connectivity index (χ3n) is 3.16. The number of benzene rings is 1. The normalized spacial score (nSPS) is 12.7. The lowest BCUT2D eigenvalue weighted by Crippen LogP contribution is -2.34. The number of aliphatic carboxylic acids is 1. The zero-order valence-corrected chi connectivity index (χ0v) is 11.5. The van der Waals surface area contributed by atoms with Gasteiger partial charge in [-0.15, -0.1) is 0 Å². The number of carbonyl (C=O) groups is 1. The maximum absolute atomic E-state index is 11.5. The van der Waals surface area contributed by atoms with Crippen LogP contribution in [0.2, 0.25) is 0 Å². The quantitative estimate of drug-likeness (QED) is 0.806. The first-order valence-corrected chi connectivity index (χ1v) is 6.63. The third-order valence-corrected chi connectivity index (χ3v) is 3.16. The second kappa shape index (κ2) is 7.17. The van der Waals surface area contributed by atoms with Gasteiger partial charge in [0.25, 0.3) is 0 Å². The van der Waals surface area contributed by atoms with Gasteiger partial charge in [-0.1, -0.05) is 50.1 Å². The number of hydrogen-bond acceptors (Lipinski definition) is 2. The molecule has 0 aliphatic carbocycles. The number of likely N-dealkylation sites (N-methyl/N-ethyl adjacent to an activating group) is 1. The van der Waals surface area contributed by atoms with E-state index in [1.807, 2.05) is 43.0 Å². The van der Waals surface area contributed by atoms with Gasteiger partial charge in [-0.25, -0.2) is 0 Å². The molecule has 0 saturated carbocycles. The minimum atomic E-state index is -0.765. The van der Waals surface area contributed by atoms with Gasteiger partial charge < -0.3 is 5.11 Å². The highest BCUT2D eigenvalue weighted by Crippen LogP contribution is 2.22. The first kappa shape index (κ1) is 14.7. The zero-order chi connectivity index (χ0) is 13.5. The number of carboxylic acid groups (broad SMARTS) is 1. The molecule has 0 bridgehead atoms. The Balaban J connectivity index is 2.97. The number of nitrogens with zero attached hydrogens (tertiary/aromatic N) is 1. The van der Waals surface area contributed by atoms with Crippen molar-refractivity contribution in [3.8, 4) is 0 Å². The molecule has 0 amide bonds. The molecule has 0 aliphatic rings. The summed E-state index contributed by atoms with van der Waals surface area (Å²) >= 11 is 0. The summed E-state index contributed by atoms with van der Waals surface area (Å²) in [5.41, 5.74) is 1.98. The van der Waals surface area contributed by atoms with E-state index in [0.29, 0.717) is 0 Å². The van der Waals surface area contributed by atoms with Crippen LogP contribution in [0, 0.1) is 6.92 Å². The van der Waals surface area contributed by atoms with Gasteiger partial charge in [0.1, 0.15) is 6.04 Å². The Labute approximate surface area is 109 Å². The van der Waals surface area contributed by atoms with Gasteiger partial charge in [0.05, 0.1) is 0 Å². The largest absolute Gasteiger partial charge is 0.480 e. The topological polar surface area (TPSA) is 40.5 Å². The third kappa shape index (κ3) is 3.84. The van der Waals surface area contributed by atoms with Crippen molar-refractivity contribution < 1.29 is 9.90 Å². The average molecular weight is 249 g/mol. The second-order valence-corrected chi connectivity index (χ2v) is 4.64. The van der Waals surface area contributed by atoms with Gasteiger partial charge in [-0.3, -0.25) is 9.69 Å². The molecule has 0 aromatic heterocycles.